The van der Waals surface area contributed by atoms with Crippen molar-refractivity contribution in [2.75, 3.05) is 0 Å². The summed E-state index contributed by atoms with van der Waals surface area (Å²) in [7, 11) is 0. The highest BCUT2D eigenvalue weighted by atomic mass is 32.1. The van der Waals surface area contributed by atoms with Crippen LogP contribution < -0.4 is 0 Å². The summed E-state index contributed by atoms with van der Waals surface area (Å²) >= 11 is 10.9. The van der Waals surface area contributed by atoms with E-state index in [9.17, 15) is 0 Å². The molecule has 0 spiro atoms. The Morgan fingerprint density at radius 1 is 0.571 bits per heavy atom. The van der Waals surface area contributed by atoms with Gasteiger partial charge in [-0.05, 0) is 61.5 Å². The van der Waals surface area contributed by atoms with E-state index in [4.69, 9.17) is 24.4 Å². The molecular weight excluding hydrogens is 384 g/mol. The molecule has 2 heterocycles. The fraction of sp³-hybridized carbons (Fsp3) is 0.364. The molecule has 0 aliphatic heterocycles. The van der Waals surface area contributed by atoms with Crippen molar-refractivity contribution in [2.45, 2.75) is 51.6 Å². The highest BCUT2D eigenvalue weighted by molar-refractivity contribution is 7.71. The zero-order valence-electron chi connectivity index (χ0n) is 16.0. The number of fused-ring (bicyclic) bond motifs is 2. The van der Waals surface area contributed by atoms with Crippen molar-refractivity contribution in [3.05, 3.63) is 58.1 Å². The molecule has 2 N–H and O–H groups in total. The van der Waals surface area contributed by atoms with Crippen molar-refractivity contribution in [1.29, 1.82) is 0 Å². The van der Waals surface area contributed by atoms with Gasteiger partial charge in [0.25, 0.3) is 0 Å². The van der Waals surface area contributed by atoms with E-state index in [1.54, 1.807) is 0 Å². The van der Waals surface area contributed by atoms with Gasteiger partial charge in [0, 0.05) is 13.1 Å². The zero-order valence-corrected chi connectivity index (χ0v) is 17.6. The monoisotopic (exact) mass is 410 g/mol. The van der Waals surface area contributed by atoms with Crippen LogP contribution in [-0.4, -0.2) is 19.1 Å². The molecule has 0 saturated heterocycles. The Kier molecular flexibility index (Phi) is 6.07. The average molecular weight is 411 g/mol. The molecule has 4 aromatic rings. The summed E-state index contributed by atoms with van der Waals surface area (Å²) in [6.07, 6.45) is 7.37. The van der Waals surface area contributed by atoms with Crippen molar-refractivity contribution in [3.8, 4) is 0 Å². The van der Waals surface area contributed by atoms with Crippen LogP contribution in [0.4, 0.5) is 0 Å². The van der Waals surface area contributed by atoms with Crippen molar-refractivity contribution >= 4 is 46.5 Å². The van der Waals surface area contributed by atoms with E-state index in [0.29, 0.717) is 0 Å². The third-order valence-corrected chi connectivity index (χ3v) is 6.02. The Labute approximate surface area is 175 Å². The van der Waals surface area contributed by atoms with Crippen LogP contribution in [0.3, 0.4) is 0 Å². The zero-order chi connectivity index (χ0) is 19.3. The third-order valence-electron chi connectivity index (χ3n) is 5.38. The van der Waals surface area contributed by atoms with Gasteiger partial charge in [0.2, 0.25) is 0 Å². The summed E-state index contributed by atoms with van der Waals surface area (Å²) in [4.78, 5) is 6.58. The molecule has 2 aromatic heterocycles. The first-order valence-corrected chi connectivity index (χ1v) is 10.9. The molecule has 0 aliphatic rings. The van der Waals surface area contributed by atoms with Crippen molar-refractivity contribution in [1.82, 2.24) is 19.1 Å². The summed E-state index contributed by atoms with van der Waals surface area (Å²) in [6.45, 7) is 1.99. The standard InChI is InChI=1S/C22H26N4S2/c27-21-23-17-11-5-7-13-19(17)25(21)15-9-3-1-2-4-10-16-26-20-14-8-6-12-18(20)24-22(26)28/h5-8,11-14H,1-4,9-10,15-16H2,(H,23,27)(H,24,28). The van der Waals surface area contributed by atoms with E-state index in [1.165, 1.54) is 49.6 Å². The minimum absolute atomic E-state index is 0.830. The number of rotatable bonds is 9. The summed E-state index contributed by atoms with van der Waals surface area (Å²) in [5.41, 5.74) is 4.68. The lowest BCUT2D eigenvalue weighted by molar-refractivity contribution is 0.535. The van der Waals surface area contributed by atoms with E-state index in [0.717, 1.165) is 33.7 Å². The van der Waals surface area contributed by atoms with Crippen LogP contribution in [-0.2, 0) is 13.1 Å². The molecule has 4 rings (SSSR count). The number of hydrogen-bond donors (Lipinski definition) is 2. The molecule has 28 heavy (non-hydrogen) atoms. The molecule has 0 saturated carbocycles. The third kappa shape index (κ3) is 4.13. The summed E-state index contributed by atoms with van der Waals surface area (Å²) < 4.78 is 6.11. The number of hydrogen-bond acceptors (Lipinski definition) is 2. The maximum atomic E-state index is 5.47. The number of aryl methyl sites for hydroxylation is 2. The van der Waals surface area contributed by atoms with E-state index in [1.807, 2.05) is 12.1 Å². The first-order valence-electron chi connectivity index (χ1n) is 10.1. The topological polar surface area (TPSA) is 41.4 Å². The molecule has 2 aromatic carbocycles. The van der Waals surface area contributed by atoms with Gasteiger partial charge in [0.05, 0.1) is 22.1 Å². The molecule has 6 heteroatoms. The van der Waals surface area contributed by atoms with E-state index in [-0.39, 0.29) is 0 Å². The van der Waals surface area contributed by atoms with Gasteiger partial charge in [-0.25, -0.2) is 0 Å². The van der Waals surface area contributed by atoms with Crippen molar-refractivity contribution in [2.24, 2.45) is 0 Å². The van der Waals surface area contributed by atoms with Crippen LogP contribution in [0.15, 0.2) is 48.5 Å². The second-order valence-corrected chi connectivity index (χ2v) is 8.09. The van der Waals surface area contributed by atoms with Crippen molar-refractivity contribution < 1.29 is 0 Å². The van der Waals surface area contributed by atoms with Crippen LogP contribution in [0.2, 0.25) is 0 Å². The number of aromatic amines is 2. The summed E-state index contributed by atoms with van der Waals surface area (Å²) in [5, 5.41) is 0. The smallest absolute Gasteiger partial charge is 0.178 e. The Hall–Kier alpha value is -2.18. The van der Waals surface area contributed by atoms with Gasteiger partial charge < -0.3 is 19.1 Å². The first kappa shape index (κ1) is 19.2. The lowest BCUT2D eigenvalue weighted by atomic mass is 10.1. The van der Waals surface area contributed by atoms with Crippen LogP contribution in [0, 0.1) is 9.54 Å². The largest absolute Gasteiger partial charge is 0.331 e. The van der Waals surface area contributed by atoms with Crippen molar-refractivity contribution in [3.63, 3.8) is 0 Å². The average Bonchev–Trinajstić information content (AvgIpc) is 3.19. The van der Waals surface area contributed by atoms with Crippen LogP contribution in [0.1, 0.15) is 38.5 Å². The van der Waals surface area contributed by atoms with Gasteiger partial charge in [-0.3, -0.25) is 0 Å². The van der Waals surface area contributed by atoms with E-state index >= 15 is 0 Å². The number of aromatic nitrogens is 4. The SMILES string of the molecule is S=c1[nH]c2ccccc2n1CCCCCCCCn1c(=S)[nH]c2ccccc21. The maximum absolute atomic E-state index is 5.47. The van der Waals surface area contributed by atoms with Crippen LogP contribution >= 0.6 is 24.4 Å². The Morgan fingerprint density at radius 2 is 0.964 bits per heavy atom. The number of unbranched alkanes of at least 4 members (excludes halogenated alkanes) is 5. The predicted molar refractivity (Wildman–Crippen MR) is 122 cm³/mol. The molecule has 4 nitrogen and oxygen atoms in total. The minimum Gasteiger partial charge on any atom is -0.331 e. The molecule has 146 valence electrons. The van der Waals surface area contributed by atoms with Gasteiger partial charge in [0.15, 0.2) is 9.54 Å². The summed E-state index contributed by atoms with van der Waals surface area (Å²) in [6, 6.07) is 16.7. The van der Waals surface area contributed by atoms with Gasteiger partial charge in [-0.2, -0.15) is 0 Å². The van der Waals surface area contributed by atoms with Crippen LogP contribution in [0.25, 0.3) is 22.1 Å². The lowest BCUT2D eigenvalue weighted by Gasteiger charge is -2.06. The lowest BCUT2D eigenvalue weighted by Crippen LogP contribution is -1.99. The van der Waals surface area contributed by atoms with Gasteiger partial charge in [-0.1, -0.05) is 49.9 Å². The second-order valence-electron chi connectivity index (χ2n) is 7.32. The molecule has 0 atom stereocenters. The van der Waals surface area contributed by atoms with Gasteiger partial charge in [0.1, 0.15) is 0 Å². The van der Waals surface area contributed by atoms with E-state index < -0.39 is 0 Å². The number of imidazole rings is 2. The summed E-state index contributed by atoms with van der Waals surface area (Å²) in [5.74, 6) is 0. The Balaban J connectivity index is 1.18. The molecule has 0 radical (unpaired) electrons. The van der Waals surface area contributed by atoms with Crippen LogP contribution in [0.5, 0.6) is 0 Å². The van der Waals surface area contributed by atoms with Gasteiger partial charge in [-0.15, -0.1) is 0 Å². The number of nitrogens with one attached hydrogen (secondary N) is 2. The maximum Gasteiger partial charge on any atom is 0.178 e. The number of benzene rings is 2. The number of nitrogens with zero attached hydrogens (tertiary/aromatic N) is 2. The fourth-order valence-electron chi connectivity index (χ4n) is 3.90. The second kappa shape index (κ2) is 8.88. The molecule has 0 fully saturated rings. The fourth-order valence-corrected chi connectivity index (χ4v) is 4.50. The van der Waals surface area contributed by atoms with Gasteiger partial charge >= 0.3 is 0 Å². The normalized spacial score (nSPS) is 11.6. The van der Waals surface area contributed by atoms with E-state index in [2.05, 4.69) is 55.5 Å². The molecule has 0 unspecified atom stereocenters. The Bertz CT molecular complexity index is 1080. The molecule has 0 amide bonds. The first-order chi connectivity index (χ1) is 13.7. The quantitative estimate of drug-likeness (QED) is 0.237. The predicted octanol–water partition coefficient (Wildman–Crippen LogP) is 6.75. The number of H-pyrrole nitrogens is 2. The minimum atomic E-state index is 0.830. The highest BCUT2D eigenvalue weighted by Crippen LogP contribution is 2.17. The molecule has 0 aliphatic carbocycles. The molecular formula is C22H26N4S2. The number of para-hydroxylation sites is 4. The molecule has 0 bridgehead atoms. The highest BCUT2D eigenvalue weighted by Gasteiger charge is 2.04. The Morgan fingerprint density at radius 3 is 1.43 bits per heavy atom.